The first kappa shape index (κ1) is 28.6. The first-order valence-corrected chi connectivity index (χ1v) is 11.0. The van der Waals surface area contributed by atoms with E-state index >= 15 is 0 Å². The van der Waals surface area contributed by atoms with E-state index in [0.717, 1.165) is 0 Å². The molecule has 0 aromatic heterocycles. The quantitative estimate of drug-likeness (QED) is 0.201. The topological polar surface area (TPSA) is 136 Å². The van der Waals surface area contributed by atoms with E-state index in [9.17, 15) is 9.59 Å². The van der Waals surface area contributed by atoms with Crippen LogP contribution in [0.25, 0.3) is 0 Å². The van der Waals surface area contributed by atoms with Crippen molar-refractivity contribution in [3.05, 3.63) is 29.8 Å². The average Bonchev–Trinajstić information content (AvgIpc) is 2.80. The molecule has 0 fully saturated rings. The van der Waals surface area contributed by atoms with Crippen LogP contribution in [-0.2, 0) is 18.9 Å². The summed E-state index contributed by atoms with van der Waals surface area (Å²) in [6.45, 7) is 4.69. The summed E-state index contributed by atoms with van der Waals surface area (Å²) in [5.41, 5.74) is 6.76. The minimum atomic E-state index is -0.408. The summed E-state index contributed by atoms with van der Waals surface area (Å²) in [6, 6.07) is 6.71. The van der Waals surface area contributed by atoms with Crippen LogP contribution in [0.1, 0.15) is 10.4 Å². The SMILES string of the molecule is CN(CCO)CCN(C)C(=O)OCCOCCOCCOCCNC(=O)c1ccc(N)cc1. The molecule has 1 aromatic rings. The van der Waals surface area contributed by atoms with Crippen LogP contribution >= 0.6 is 0 Å². The zero-order chi connectivity index (χ0) is 24.3. The molecule has 0 saturated carbocycles. The van der Waals surface area contributed by atoms with Crippen LogP contribution in [0.3, 0.4) is 0 Å². The molecule has 1 rings (SSSR count). The third-order valence-electron chi connectivity index (χ3n) is 4.51. The summed E-state index contributed by atoms with van der Waals surface area (Å²) in [5, 5.41) is 11.6. The summed E-state index contributed by atoms with van der Waals surface area (Å²) < 4.78 is 21.3. The highest BCUT2D eigenvalue weighted by molar-refractivity contribution is 5.94. The molecular weight excluding hydrogens is 432 g/mol. The van der Waals surface area contributed by atoms with Gasteiger partial charge in [-0.1, -0.05) is 0 Å². The third kappa shape index (κ3) is 14.3. The Morgan fingerprint density at radius 1 is 0.879 bits per heavy atom. The van der Waals surface area contributed by atoms with Gasteiger partial charge in [0.25, 0.3) is 5.91 Å². The van der Waals surface area contributed by atoms with Crippen molar-refractivity contribution in [2.45, 2.75) is 0 Å². The van der Waals surface area contributed by atoms with Gasteiger partial charge < -0.3 is 44.9 Å². The highest BCUT2D eigenvalue weighted by atomic mass is 16.6. The lowest BCUT2D eigenvalue weighted by Gasteiger charge is -2.21. The average molecular weight is 471 g/mol. The fourth-order valence-corrected chi connectivity index (χ4v) is 2.51. The number of nitrogens with two attached hydrogens (primary N) is 1. The van der Waals surface area contributed by atoms with E-state index in [-0.39, 0.29) is 25.7 Å². The maximum atomic E-state index is 11.9. The highest BCUT2D eigenvalue weighted by Gasteiger charge is 2.10. The van der Waals surface area contributed by atoms with Gasteiger partial charge in [0.1, 0.15) is 6.61 Å². The monoisotopic (exact) mass is 470 g/mol. The van der Waals surface area contributed by atoms with Gasteiger partial charge in [-0.3, -0.25) is 4.79 Å². The minimum absolute atomic E-state index is 0.0877. The maximum Gasteiger partial charge on any atom is 0.409 e. The lowest BCUT2D eigenvalue weighted by molar-refractivity contribution is 0.00397. The molecule has 0 radical (unpaired) electrons. The Morgan fingerprint density at radius 2 is 1.45 bits per heavy atom. The van der Waals surface area contributed by atoms with Gasteiger partial charge in [0.2, 0.25) is 0 Å². The number of hydrogen-bond acceptors (Lipinski definition) is 9. The van der Waals surface area contributed by atoms with E-state index < -0.39 is 6.09 Å². The molecule has 0 saturated heterocycles. The molecule has 0 aliphatic rings. The number of nitrogen functional groups attached to an aromatic ring is 1. The molecule has 11 nitrogen and oxygen atoms in total. The largest absolute Gasteiger partial charge is 0.447 e. The fourth-order valence-electron chi connectivity index (χ4n) is 2.51. The predicted octanol–water partition coefficient (Wildman–Crippen LogP) is 0.0409. The second kappa shape index (κ2) is 18.0. The van der Waals surface area contributed by atoms with Crippen molar-refractivity contribution < 1.29 is 33.6 Å². The lowest BCUT2D eigenvalue weighted by atomic mass is 10.2. The number of ether oxygens (including phenoxy) is 4. The number of nitrogens with zero attached hydrogens (tertiary/aromatic N) is 2. The van der Waals surface area contributed by atoms with E-state index in [0.29, 0.717) is 70.5 Å². The molecule has 2 amide bonds. The van der Waals surface area contributed by atoms with Crippen molar-refractivity contribution in [2.24, 2.45) is 0 Å². The predicted molar refractivity (Wildman–Crippen MR) is 124 cm³/mol. The van der Waals surface area contributed by atoms with Gasteiger partial charge in [0.15, 0.2) is 0 Å². The van der Waals surface area contributed by atoms with Crippen LogP contribution in [0.4, 0.5) is 10.5 Å². The number of aliphatic hydroxyl groups is 1. The maximum absolute atomic E-state index is 11.9. The molecule has 0 aliphatic heterocycles. The van der Waals surface area contributed by atoms with Gasteiger partial charge in [-0.25, -0.2) is 4.79 Å². The molecule has 188 valence electrons. The molecule has 0 spiro atoms. The molecule has 0 aliphatic carbocycles. The van der Waals surface area contributed by atoms with E-state index in [1.807, 2.05) is 11.9 Å². The van der Waals surface area contributed by atoms with Crippen LogP contribution in [0, 0.1) is 0 Å². The van der Waals surface area contributed by atoms with Crippen molar-refractivity contribution in [1.82, 2.24) is 15.1 Å². The Balaban J connectivity index is 1.87. The summed E-state index contributed by atoms with van der Waals surface area (Å²) in [6.07, 6.45) is -0.408. The third-order valence-corrected chi connectivity index (χ3v) is 4.51. The van der Waals surface area contributed by atoms with Crippen LogP contribution in [0.2, 0.25) is 0 Å². The normalized spacial score (nSPS) is 10.9. The molecule has 4 N–H and O–H groups in total. The number of nitrogens with one attached hydrogen (secondary N) is 1. The van der Waals surface area contributed by atoms with Crippen molar-refractivity contribution in [3.63, 3.8) is 0 Å². The van der Waals surface area contributed by atoms with Crippen molar-refractivity contribution >= 4 is 17.7 Å². The van der Waals surface area contributed by atoms with Gasteiger partial charge >= 0.3 is 6.09 Å². The zero-order valence-electron chi connectivity index (χ0n) is 19.7. The zero-order valence-corrected chi connectivity index (χ0v) is 19.7. The number of hydrogen-bond donors (Lipinski definition) is 3. The first-order valence-electron chi connectivity index (χ1n) is 11.0. The molecule has 1 aromatic carbocycles. The number of amides is 2. The molecule has 0 atom stereocenters. The van der Waals surface area contributed by atoms with Crippen LogP contribution in [0.5, 0.6) is 0 Å². The molecule has 0 bridgehead atoms. The Kier molecular flexibility index (Phi) is 15.6. The van der Waals surface area contributed by atoms with Gasteiger partial charge in [-0.15, -0.1) is 0 Å². The number of carbonyl (C=O) groups is 2. The summed E-state index contributed by atoms with van der Waals surface area (Å²) >= 11 is 0. The van der Waals surface area contributed by atoms with E-state index in [2.05, 4.69) is 5.32 Å². The van der Waals surface area contributed by atoms with Crippen molar-refractivity contribution in [3.8, 4) is 0 Å². The fraction of sp³-hybridized carbons (Fsp3) is 0.636. The van der Waals surface area contributed by atoms with Crippen molar-refractivity contribution in [1.29, 1.82) is 0 Å². The summed E-state index contributed by atoms with van der Waals surface area (Å²) in [4.78, 5) is 27.1. The first-order chi connectivity index (χ1) is 15.9. The van der Waals surface area contributed by atoms with Crippen LogP contribution in [-0.4, -0.2) is 120 Å². The number of aliphatic hydroxyl groups excluding tert-OH is 1. The second-order valence-electron chi connectivity index (χ2n) is 7.28. The van der Waals surface area contributed by atoms with Gasteiger partial charge in [-0.05, 0) is 31.3 Å². The van der Waals surface area contributed by atoms with Crippen LogP contribution < -0.4 is 11.1 Å². The lowest BCUT2D eigenvalue weighted by Crippen LogP contribution is -2.36. The Morgan fingerprint density at radius 3 is 2.06 bits per heavy atom. The van der Waals surface area contributed by atoms with Gasteiger partial charge in [-0.2, -0.15) is 0 Å². The molecule has 11 heteroatoms. The number of anilines is 1. The van der Waals surface area contributed by atoms with Gasteiger partial charge in [0.05, 0.1) is 46.2 Å². The highest BCUT2D eigenvalue weighted by Crippen LogP contribution is 2.04. The Hall–Kier alpha value is -2.44. The van der Waals surface area contributed by atoms with E-state index in [1.165, 1.54) is 4.90 Å². The molecular formula is C22H38N4O7. The number of rotatable bonds is 18. The molecule has 0 heterocycles. The minimum Gasteiger partial charge on any atom is -0.447 e. The molecule has 33 heavy (non-hydrogen) atoms. The van der Waals surface area contributed by atoms with E-state index in [4.69, 9.17) is 29.8 Å². The smallest absolute Gasteiger partial charge is 0.409 e. The summed E-state index contributed by atoms with van der Waals surface area (Å²) in [5.74, 6) is -0.171. The van der Waals surface area contributed by atoms with Crippen LogP contribution in [0.15, 0.2) is 24.3 Å². The Labute approximate surface area is 195 Å². The second-order valence-corrected chi connectivity index (χ2v) is 7.28. The van der Waals surface area contributed by atoms with Crippen molar-refractivity contribution in [2.75, 3.05) is 98.9 Å². The number of carbonyl (C=O) groups excluding carboxylic acids is 2. The number of benzene rings is 1. The molecule has 0 unspecified atom stereocenters. The number of likely N-dealkylation sites (N-methyl/N-ethyl adjacent to an activating group) is 2. The van der Waals surface area contributed by atoms with Gasteiger partial charge in [0, 0.05) is 44.5 Å². The van der Waals surface area contributed by atoms with E-state index in [1.54, 1.807) is 31.3 Å². The summed E-state index contributed by atoms with van der Waals surface area (Å²) in [7, 11) is 3.54. The Bertz CT molecular complexity index is 661. The standard InChI is InChI=1S/C22H38N4O7/c1-25(10-11-27)8-9-26(2)22(29)33-18-17-32-16-15-31-14-13-30-12-7-24-21(28)19-3-5-20(23)6-4-19/h3-6,27H,7-18,23H2,1-2H3,(H,24,28).